The number of rotatable bonds is 3. The molecule has 1 N–H and O–H groups in total. The molecule has 0 amide bonds. The molecule has 0 aromatic rings. The van der Waals surface area contributed by atoms with E-state index in [9.17, 15) is 17.3 Å². The highest BCUT2D eigenvalue weighted by Gasteiger charge is 2.41. The Balaban J connectivity index is 0.00000112. The molecule has 2 fully saturated rings. The van der Waals surface area contributed by atoms with E-state index in [1.807, 2.05) is 0 Å². The standard InChI is InChI=1S/C7H12F2N2O2S.ClH/c8-6-3-11(9)4-7(6)10-14(12,13)5-1-2-5;/h5-7,10H,1-4H2;1H/t6-,7+;/m0./s1. The van der Waals surface area contributed by atoms with E-state index in [1.165, 1.54) is 0 Å². The third-order valence-electron chi connectivity index (χ3n) is 2.48. The van der Waals surface area contributed by atoms with Crippen LogP contribution in [0.5, 0.6) is 0 Å². The summed E-state index contributed by atoms with van der Waals surface area (Å²) in [6, 6.07) is -0.925. The van der Waals surface area contributed by atoms with Crippen molar-refractivity contribution in [2.45, 2.75) is 30.3 Å². The van der Waals surface area contributed by atoms with E-state index in [1.54, 1.807) is 0 Å². The summed E-state index contributed by atoms with van der Waals surface area (Å²) in [4.78, 5) is 0. The average molecular weight is 263 g/mol. The van der Waals surface area contributed by atoms with Gasteiger partial charge >= 0.3 is 0 Å². The Morgan fingerprint density at radius 2 is 1.87 bits per heavy atom. The Kier molecular flexibility index (Phi) is 3.91. The van der Waals surface area contributed by atoms with Gasteiger partial charge in [-0.05, 0) is 12.8 Å². The van der Waals surface area contributed by atoms with E-state index >= 15 is 0 Å². The zero-order valence-corrected chi connectivity index (χ0v) is 9.53. The van der Waals surface area contributed by atoms with E-state index < -0.39 is 22.2 Å². The average Bonchev–Trinajstić information content (AvgIpc) is 2.80. The Bertz CT molecular complexity index is 323. The lowest BCUT2D eigenvalue weighted by Gasteiger charge is -2.13. The molecule has 0 aromatic heterocycles. The lowest BCUT2D eigenvalue weighted by Crippen LogP contribution is -2.42. The minimum absolute atomic E-state index is 0. The summed E-state index contributed by atoms with van der Waals surface area (Å²) in [6.45, 7) is -0.551. The van der Waals surface area contributed by atoms with Gasteiger partial charge in [0.1, 0.15) is 6.17 Å². The third-order valence-corrected chi connectivity index (χ3v) is 4.46. The van der Waals surface area contributed by atoms with Gasteiger partial charge in [-0.3, -0.25) is 0 Å². The predicted molar refractivity (Wildman–Crippen MR) is 53.7 cm³/mol. The van der Waals surface area contributed by atoms with Gasteiger partial charge in [-0.2, -0.15) is 0 Å². The monoisotopic (exact) mass is 262 g/mol. The number of hydrogen-bond acceptors (Lipinski definition) is 3. The van der Waals surface area contributed by atoms with Crippen LogP contribution in [-0.4, -0.2) is 44.1 Å². The molecule has 1 heterocycles. The van der Waals surface area contributed by atoms with Crippen molar-refractivity contribution in [1.82, 2.24) is 9.84 Å². The molecule has 8 heteroatoms. The second-order valence-corrected chi connectivity index (χ2v) is 5.80. The smallest absolute Gasteiger partial charge is 0.214 e. The fraction of sp³-hybridized carbons (Fsp3) is 1.00. The molecule has 2 aliphatic rings. The molecule has 15 heavy (non-hydrogen) atoms. The number of hydrogen-bond donors (Lipinski definition) is 1. The summed E-state index contributed by atoms with van der Waals surface area (Å²) in [5.74, 6) is 0. The molecule has 1 saturated carbocycles. The van der Waals surface area contributed by atoms with Crippen molar-refractivity contribution in [1.29, 1.82) is 0 Å². The molecule has 2 rings (SSSR count). The Hall–Kier alpha value is 0.0200. The van der Waals surface area contributed by atoms with Crippen molar-refractivity contribution >= 4 is 22.4 Å². The normalized spacial score (nSPS) is 32.7. The molecule has 90 valence electrons. The van der Waals surface area contributed by atoms with Gasteiger partial charge in [-0.15, -0.1) is 22.0 Å². The summed E-state index contributed by atoms with van der Waals surface area (Å²) in [5, 5.41) is -0.0894. The highest BCUT2D eigenvalue weighted by Crippen LogP contribution is 2.28. The lowest BCUT2D eigenvalue weighted by molar-refractivity contribution is 0.0485. The van der Waals surface area contributed by atoms with Crippen LogP contribution in [0.4, 0.5) is 8.87 Å². The van der Waals surface area contributed by atoms with Crippen molar-refractivity contribution < 1.29 is 17.3 Å². The van der Waals surface area contributed by atoms with Gasteiger partial charge in [0.05, 0.1) is 17.8 Å². The van der Waals surface area contributed by atoms with Gasteiger partial charge < -0.3 is 0 Å². The van der Waals surface area contributed by atoms with Crippen LogP contribution >= 0.6 is 12.4 Å². The molecule has 0 spiro atoms. The molecule has 0 unspecified atom stereocenters. The first-order valence-electron chi connectivity index (χ1n) is 4.55. The molecule has 0 aromatic carbocycles. The van der Waals surface area contributed by atoms with Crippen LogP contribution in [0, 0.1) is 0 Å². The molecule has 1 aliphatic carbocycles. The molecular weight excluding hydrogens is 250 g/mol. The predicted octanol–water partition coefficient (Wildman–Crippen LogP) is 0.397. The highest BCUT2D eigenvalue weighted by atomic mass is 35.5. The van der Waals surface area contributed by atoms with E-state index in [0.29, 0.717) is 18.0 Å². The van der Waals surface area contributed by atoms with Crippen molar-refractivity contribution in [3.05, 3.63) is 0 Å². The molecular formula is C7H13ClF2N2O2S. The summed E-state index contributed by atoms with van der Waals surface area (Å²) in [7, 11) is -3.41. The maximum Gasteiger partial charge on any atom is 0.214 e. The number of nitrogens with one attached hydrogen (secondary N) is 1. The minimum atomic E-state index is -3.41. The van der Waals surface area contributed by atoms with E-state index in [0.717, 1.165) is 0 Å². The van der Waals surface area contributed by atoms with Gasteiger partial charge in [-0.25, -0.2) is 17.5 Å². The third kappa shape index (κ3) is 2.99. The van der Waals surface area contributed by atoms with E-state index in [-0.39, 0.29) is 30.7 Å². The molecule has 4 nitrogen and oxygen atoms in total. The minimum Gasteiger partial charge on any atom is -0.244 e. The zero-order valence-electron chi connectivity index (χ0n) is 7.90. The van der Waals surface area contributed by atoms with Crippen molar-refractivity contribution in [3.63, 3.8) is 0 Å². The fourth-order valence-corrected chi connectivity index (χ4v) is 3.11. The molecule has 2 atom stereocenters. The first kappa shape index (κ1) is 13.1. The van der Waals surface area contributed by atoms with Crippen LogP contribution < -0.4 is 4.72 Å². The SMILES string of the molecule is Cl.O=S(=O)(N[C@@H]1CN(F)C[C@@H]1F)C1CC1. The second kappa shape index (κ2) is 4.48. The maximum absolute atomic E-state index is 13.0. The number of nitrogens with zero attached hydrogens (tertiary/aromatic N) is 1. The number of alkyl halides is 1. The van der Waals surface area contributed by atoms with Crippen LogP contribution in [0.1, 0.15) is 12.8 Å². The highest BCUT2D eigenvalue weighted by molar-refractivity contribution is 7.90. The van der Waals surface area contributed by atoms with Crippen molar-refractivity contribution in [2.75, 3.05) is 13.1 Å². The maximum atomic E-state index is 13.0. The number of halogens is 3. The summed E-state index contributed by atoms with van der Waals surface area (Å²) in [5.41, 5.74) is 0. The second-order valence-electron chi connectivity index (χ2n) is 3.81. The summed E-state index contributed by atoms with van der Waals surface area (Å²) < 4.78 is 50.6. The van der Waals surface area contributed by atoms with Crippen molar-refractivity contribution in [3.8, 4) is 0 Å². The van der Waals surface area contributed by atoms with Crippen LogP contribution in [0.25, 0.3) is 0 Å². The largest absolute Gasteiger partial charge is 0.244 e. The van der Waals surface area contributed by atoms with Gasteiger partial charge in [0, 0.05) is 6.54 Å². The summed E-state index contributed by atoms with van der Waals surface area (Å²) in [6.07, 6.45) is -0.204. The van der Waals surface area contributed by atoms with Crippen LogP contribution in [0.2, 0.25) is 0 Å². The van der Waals surface area contributed by atoms with Gasteiger partial charge in [0.2, 0.25) is 10.0 Å². The Labute approximate surface area is 93.4 Å². The summed E-state index contributed by atoms with van der Waals surface area (Å²) >= 11 is 0. The Morgan fingerprint density at radius 3 is 2.27 bits per heavy atom. The van der Waals surface area contributed by atoms with Gasteiger partial charge in [0.25, 0.3) is 0 Å². The van der Waals surface area contributed by atoms with E-state index in [2.05, 4.69) is 4.72 Å². The number of sulfonamides is 1. The van der Waals surface area contributed by atoms with Gasteiger partial charge in [-0.1, -0.05) is 0 Å². The quantitative estimate of drug-likeness (QED) is 0.749. The van der Waals surface area contributed by atoms with Crippen LogP contribution in [-0.2, 0) is 10.0 Å². The molecule has 1 aliphatic heterocycles. The van der Waals surface area contributed by atoms with Crippen molar-refractivity contribution in [2.24, 2.45) is 0 Å². The Morgan fingerprint density at radius 1 is 1.27 bits per heavy atom. The topological polar surface area (TPSA) is 49.4 Å². The fourth-order valence-electron chi connectivity index (χ4n) is 1.52. The lowest BCUT2D eigenvalue weighted by atomic mass is 10.2. The first-order valence-corrected chi connectivity index (χ1v) is 6.09. The zero-order chi connectivity index (χ0) is 10.3. The molecule has 0 bridgehead atoms. The van der Waals surface area contributed by atoms with Gasteiger partial charge in [0.15, 0.2) is 0 Å². The molecule has 0 radical (unpaired) electrons. The first-order chi connectivity index (χ1) is 6.49. The van der Waals surface area contributed by atoms with E-state index in [4.69, 9.17) is 0 Å². The molecule has 1 saturated heterocycles. The van der Waals surface area contributed by atoms with Crippen LogP contribution in [0.3, 0.4) is 0 Å². The van der Waals surface area contributed by atoms with Crippen LogP contribution in [0.15, 0.2) is 0 Å².